The minimum absolute atomic E-state index is 0.0379. The van der Waals surface area contributed by atoms with Crippen LogP contribution in [0.25, 0.3) is 0 Å². The largest absolute Gasteiger partial charge is 0.486 e. The summed E-state index contributed by atoms with van der Waals surface area (Å²) in [6.45, 7) is 0.356. The van der Waals surface area contributed by atoms with E-state index in [4.69, 9.17) is 9.47 Å². The molecule has 3 rings (SSSR count). The maximum absolute atomic E-state index is 13.0. The molecule has 1 aliphatic rings. The lowest BCUT2D eigenvalue weighted by Gasteiger charge is -2.26. The quantitative estimate of drug-likeness (QED) is 0.844. The van der Waals surface area contributed by atoms with Crippen LogP contribution in [0, 0.1) is 0 Å². The maximum atomic E-state index is 13.0. The number of fused-ring (bicyclic) bond motifs is 1. The lowest BCUT2D eigenvalue weighted by atomic mass is 10.1. The molecule has 1 atom stereocenters. The van der Waals surface area contributed by atoms with E-state index in [1.807, 2.05) is 18.2 Å². The van der Waals surface area contributed by atoms with E-state index in [0.29, 0.717) is 36.6 Å². The smallest absolute Gasteiger partial charge is 0.433 e. The fraction of sp³-hybridized carbons (Fsp3) is 0.412. The second-order valence-electron chi connectivity index (χ2n) is 5.97. The molecule has 0 spiro atoms. The number of halogens is 3. The lowest BCUT2D eigenvalue weighted by molar-refractivity contribution is -0.141. The maximum Gasteiger partial charge on any atom is 0.433 e. The minimum Gasteiger partial charge on any atom is -0.486 e. The van der Waals surface area contributed by atoms with Gasteiger partial charge in [0, 0.05) is 19.8 Å². The van der Waals surface area contributed by atoms with Crippen LogP contribution in [0.4, 0.5) is 19.1 Å². The number of ether oxygens (including phenoxy) is 2. The molecule has 0 bridgehead atoms. The highest BCUT2D eigenvalue weighted by molar-refractivity contribution is 5.40. The Kier molecular flexibility index (Phi) is 4.69. The number of alkyl halides is 3. The molecule has 0 N–H and O–H groups in total. The second-order valence-corrected chi connectivity index (χ2v) is 5.97. The molecule has 5 nitrogen and oxygen atoms in total. The molecule has 0 saturated carbocycles. The van der Waals surface area contributed by atoms with E-state index in [-0.39, 0.29) is 12.1 Å². The van der Waals surface area contributed by atoms with Crippen LogP contribution in [0.2, 0.25) is 0 Å². The molecule has 0 aliphatic carbocycles. The predicted molar refractivity (Wildman–Crippen MR) is 86.0 cm³/mol. The zero-order valence-electron chi connectivity index (χ0n) is 13.9. The van der Waals surface area contributed by atoms with Gasteiger partial charge >= 0.3 is 6.18 Å². The number of anilines is 1. The summed E-state index contributed by atoms with van der Waals surface area (Å²) in [6.07, 6.45) is -3.91. The fourth-order valence-electron chi connectivity index (χ4n) is 2.47. The van der Waals surface area contributed by atoms with Crippen molar-refractivity contribution < 1.29 is 22.6 Å². The monoisotopic (exact) mass is 353 g/mol. The molecule has 25 heavy (non-hydrogen) atoms. The van der Waals surface area contributed by atoms with Gasteiger partial charge in [0.05, 0.1) is 0 Å². The van der Waals surface area contributed by atoms with Gasteiger partial charge in [0.25, 0.3) is 0 Å². The summed E-state index contributed by atoms with van der Waals surface area (Å²) in [5.41, 5.74) is -0.610. The molecule has 1 aromatic heterocycles. The molecule has 2 aromatic rings. The number of rotatable bonds is 4. The number of aryl methyl sites for hydroxylation is 1. The molecular formula is C17H18F3N3O2. The van der Waals surface area contributed by atoms with Crippen molar-refractivity contribution in [2.24, 2.45) is 0 Å². The first-order chi connectivity index (χ1) is 11.8. The van der Waals surface area contributed by atoms with Gasteiger partial charge in [0.1, 0.15) is 18.4 Å². The Morgan fingerprint density at radius 1 is 1.16 bits per heavy atom. The van der Waals surface area contributed by atoms with Gasteiger partial charge in [0.2, 0.25) is 5.95 Å². The number of para-hydroxylation sites is 2. The topological polar surface area (TPSA) is 47.5 Å². The molecule has 0 fully saturated rings. The Bertz CT molecular complexity index is 750. The van der Waals surface area contributed by atoms with Crippen molar-refractivity contribution in [2.45, 2.75) is 25.1 Å². The van der Waals surface area contributed by atoms with Crippen LogP contribution in [0.15, 0.2) is 30.3 Å². The molecular weight excluding hydrogens is 335 g/mol. The van der Waals surface area contributed by atoms with Gasteiger partial charge in [-0.25, -0.2) is 9.97 Å². The summed E-state index contributed by atoms with van der Waals surface area (Å²) in [7, 11) is 3.21. The van der Waals surface area contributed by atoms with Gasteiger partial charge in [-0.3, -0.25) is 0 Å². The fourth-order valence-corrected chi connectivity index (χ4v) is 2.47. The number of hydrogen-bond acceptors (Lipinski definition) is 5. The van der Waals surface area contributed by atoms with Crippen LogP contribution >= 0.6 is 0 Å². The van der Waals surface area contributed by atoms with Crippen molar-refractivity contribution in [3.63, 3.8) is 0 Å². The summed E-state index contributed by atoms with van der Waals surface area (Å²) in [5, 5.41) is 0. The summed E-state index contributed by atoms with van der Waals surface area (Å²) in [4.78, 5) is 9.21. The number of hydrogen-bond donors (Lipinski definition) is 0. The molecule has 0 radical (unpaired) electrons. The van der Waals surface area contributed by atoms with Gasteiger partial charge in [-0.1, -0.05) is 12.1 Å². The van der Waals surface area contributed by atoms with Crippen LogP contribution in [-0.4, -0.2) is 36.8 Å². The van der Waals surface area contributed by atoms with E-state index in [9.17, 15) is 13.2 Å². The van der Waals surface area contributed by atoms with Crippen LogP contribution in [0.5, 0.6) is 11.5 Å². The molecule has 0 saturated heterocycles. The Morgan fingerprint density at radius 3 is 2.56 bits per heavy atom. The SMILES string of the molecule is CN(C)c1nc(CC[C@@H]2COc3ccccc3O2)cc(C(F)(F)F)n1. The summed E-state index contributed by atoms with van der Waals surface area (Å²) in [6, 6.07) is 8.30. The van der Waals surface area contributed by atoms with Crippen LogP contribution < -0.4 is 14.4 Å². The summed E-state index contributed by atoms with van der Waals surface area (Å²) < 4.78 is 50.5. The highest BCUT2D eigenvalue weighted by Gasteiger charge is 2.34. The normalized spacial score (nSPS) is 16.6. The van der Waals surface area contributed by atoms with Gasteiger partial charge in [-0.15, -0.1) is 0 Å². The second kappa shape index (κ2) is 6.78. The average Bonchev–Trinajstić information content (AvgIpc) is 2.58. The van der Waals surface area contributed by atoms with E-state index < -0.39 is 11.9 Å². The molecule has 1 aliphatic heterocycles. The molecule has 0 amide bonds. The van der Waals surface area contributed by atoms with Gasteiger partial charge in [-0.05, 0) is 31.0 Å². The first-order valence-corrected chi connectivity index (χ1v) is 7.84. The highest BCUT2D eigenvalue weighted by atomic mass is 19.4. The molecule has 2 heterocycles. The van der Waals surface area contributed by atoms with Crippen molar-refractivity contribution in [1.82, 2.24) is 9.97 Å². The van der Waals surface area contributed by atoms with Crippen molar-refractivity contribution in [2.75, 3.05) is 25.6 Å². The minimum atomic E-state index is -4.51. The molecule has 0 unspecified atom stereocenters. The van der Waals surface area contributed by atoms with Crippen LogP contribution in [-0.2, 0) is 12.6 Å². The van der Waals surface area contributed by atoms with Crippen molar-refractivity contribution in [3.8, 4) is 11.5 Å². The molecule has 134 valence electrons. The predicted octanol–water partition coefficient (Wildman–Crippen LogP) is 3.33. The van der Waals surface area contributed by atoms with Gasteiger partial charge < -0.3 is 14.4 Å². The summed E-state index contributed by atoms with van der Waals surface area (Å²) >= 11 is 0. The van der Waals surface area contributed by atoms with E-state index in [0.717, 1.165) is 6.07 Å². The first kappa shape index (κ1) is 17.3. The number of benzene rings is 1. The van der Waals surface area contributed by atoms with Crippen LogP contribution in [0.1, 0.15) is 17.8 Å². The average molecular weight is 353 g/mol. The zero-order chi connectivity index (χ0) is 18.0. The van der Waals surface area contributed by atoms with Gasteiger partial charge in [-0.2, -0.15) is 13.2 Å². The third kappa shape index (κ3) is 4.12. The number of nitrogens with zero attached hydrogens (tertiary/aromatic N) is 3. The van der Waals surface area contributed by atoms with Crippen molar-refractivity contribution in [1.29, 1.82) is 0 Å². The molecule has 8 heteroatoms. The number of aromatic nitrogens is 2. The van der Waals surface area contributed by atoms with E-state index in [1.165, 1.54) is 4.90 Å². The highest BCUT2D eigenvalue weighted by Crippen LogP contribution is 2.32. The Hall–Kier alpha value is -2.51. The van der Waals surface area contributed by atoms with Gasteiger partial charge in [0.15, 0.2) is 11.5 Å². The Labute approximate surface area is 143 Å². The third-order valence-corrected chi connectivity index (χ3v) is 3.75. The third-order valence-electron chi connectivity index (χ3n) is 3.75. The zero-order valence-corrected chi connectivity index (χ0v) is 13.9. The van der Waals surface area contributed by atoms with E-state index in [2.05, 4.69) is 9.97 Å². The van der Waals surface area contributed by atoms with Crippen LogP contribution in [0.3, 0.4) is 0 Å². The van der Waals surface area contributed by atoms with Crippen molar-refractivity contribution >= 4 is 5.95 Å². The summed E-state index contributed by atoms with van der Waals surface area (Å²) in [5.74, 6) is 1.36. The first-order valence-electron chi connectivity index (χ1n) is 7.84. The van der Waals surface area contributed by atoms with Crippen molar-refractivity contribution in [3.05, 3.63) is 41.7 Å². The standard InChI is InChI=1S/C17H18F3N3O2/c1-23(2)16-21-11(9-15(22-16)17(18,19)20)7-8-12-10-24-13-5-3-4-6-14(13)25-12/h3-6,9,12H,7-8,10H2,1-2H3/t12-/m1/s1. The molecule has 1 aromatic carbocycles. The Balaban J connectivity index is 1.72. The lowest BCUT2D eigenvalue weighted by Crippen LogP contribution is -2.29. The Morgan fingerprint density at radius 2 is 1.88 bits per heavy atom. The van der Waals surface area contributed by atoms with E-state index in [1.54, 1.807) is 20.2 Å². The van der Waals surface area contributed by atoms with E-state index >= 15 is 0 Å².